The summed E-state index contributed by atoms with van der Waals surface area (Å²) >= 11 is 5.95. The van der Waals surface area contributed by atoms with E-state index >= 15 is 0 Å². The van der Waals surface area contributed by atoms with Crippen molar-refractivity contribution in [2.24, 2.45) is 0 Å². The summed E-state index contributed by atoms with van der Waals surface area (Å²) < 4.78 is 5.34. The number of carboxylic acid groups (broad SMARTS) is 1. The van der Waals surface area contributed by atoms with E-state index in [1.54, 1.807) is 12.1 Å². The molecule has 0 bridgehead atoms. The molecule has 1 atom stereocenters. The molecule has 0 aliphatic rings. The molecule has 0 spiro atoms. The van der Waals surface area contributed by atoms with E-state index in [1.807, 2.05) is 19.9 Å². The molecule has 5 nitrogen and oxygen atoms in total. The minimum Gasteiger partial charge on any atom is -0.482 e. The lowest BCUT2D eigenvalue weighted by molar-refractivity contribution is -0.137. The standard InChI is InChI=1S/C14H18ClNO4/c1-3-10(7-14(18)19)16-13(17)8-20-12-6-9(2)4-5-11(12)15/h4-6,10H,3,7-8H2,1-2H3,(H,16,17)(H,18,19). The first kappa shape index (κ1) is 16.3. The van der Waals surface area contributed by atoms with E-state index < -0.39 is 12.0 Å². The lowest BCUT2D eigenvalue weighted by Crippen LogP contribution is -2.38. The molecule has 0 saturated heterocycles. The van der Waals surface area contributed by atoms with Crippen molar-refractivity contribution in [1.29, 1.82) is 0 Å². The van der Waals surface area contributed by atoms with Gasteiger partial charge in [0.15, 0.2) is 6.61 Å². The van der Waals surface area contributed by atoms with Crippen LogP contribution in [0.3, 0.4) is 0 Å². The number of carbonyl (C=O) groups excluding carboxylic acids is 1. The Morgan fingerprint density at radius 2 is 2.15 bits per heavy atom. The van der Waals surface area contributed by atoms with Crippen LogP contribution in [-0.4, -0.2) is 29.6 Å². The zero-order chi connectivity index (χ0) is 15.1. The molecule has 0 aliphatic carbocycles. The molecule has 110 valence electrons. The number of hydrogen-bond acceptors (Lipinski definition) is 3. The molecule has 2 N–H and O–H groups in total. The Labute approximate surface area is 122 Å². The van der Waals surface area contributed by atoms with Gasteiger partial charge in [-0.15, -0.1) is 0 Å². The molecular formula is C14H18ClNO4. The summed E-state index contributed by atoms with van der Waals surface area (Å²) in [5.41, 5.74) is 0.974. The van der Waals surface area contributed by atoms with E-state index in [9.17, 15) is 9.59 Å². The van der Waals surface area contributed by atoms with Gasteiger partial charge >= 0.3 is 5.97 Å². The monoisotopic (exact) mass is 299 g/mol. The summed E-state index contributed by atoms with van der Waals surface area (Å²) in [5, 5.41) is 11.7. The van der Waals surface area contributed by atoms with Crippen LogP contribution in [0.4, 0.5) is 0 Å². The maximum Gasteiger partial charge on any atom is 0.305 e. The fourth-order valence-corrected chi connectivity index (χ4v) is 1.81. The quantitative estimate of drug-likeness (QED) is 0.810. The van der Waals surface area contributed by atoms with Crippen LogP contribution < -0.4 is 10.1 Å². The zero-order valence-electron chi connectivity index (χ0n) is 11.5. The van der Waals surface area contributed by atoms with Gasteiger partial charge in [-0.05, 0) is 31.0 Å². The molecule has 0 aliphatic heterocycles. The van der Waals surface area contributed by atoms with Crippen molar-refractivity contribution >= 4 is 23.5 Å². The molecule has 1 aromatic carbocycles. The predicted octanol–water partition coefficient (Wildman–Crippen LogP) is 2.40. The normalized spacial score (nSPS) is 11.8. The molecule has 1 unspecified atom stereocenters. The van der Waals surface area contributed by atoms with Gasteiger partial charge in [0, 0.05) is 6.04 Å². The van der Waals surface area contributed by atoms with Gasteiger partial charge in [0.2, 0.25) is 0 Å². The Balaban J connectivity index is 2.50. The molecule has 1 rings (SSSR count). The lowest BCUT2D eigenvalue weighted by atomic mass is 10.1. The molecule has 0 radical (unpaired) electrons. The summed E-state index contributed by atoms with van der Waals surface area (Å²) in [5.74, 6) is -0.872. The van der Waals surface area contributed by atoms with Crippen LogP contribution in [0.2, 0.25) is 5.02 Å². The van der Waals surface area contributed by atoms with E-state index in [4.69, 9.17) is 21.4 Å². The topological polar surface area (TPSA) is 75.6 Å². The minimum atomic E-state index is -0.945. The maximum absolute atomic E-state index is 11.7. The highest BCUT2D eigenvalue weighted by molar-refractivity contribution is 6.32. The second kappa shape index (κ2) is 7.75. The van der Waals surface area contributed by atoms with E-state index in [0.717, 1.165) is 5.56 Å². The van der Waals surface area contributed by atoms with Crippen LogP contribution in [-0.2, 0) is 9.59 Å². The number of carboxylic acids is 1. The molecule has 0 aromatic heterocycles. The van der Waals surface area contributed by atoms with Crippen LogP contribution in [0, 0.1) is 6.92 Å². The van der Waals surface area contributed by atoms with Crippen LogP contribution >= 0.6 is 11.6 Å². The molecule has 1 amide bonds. The highest BCUT2D eigenvalue weighted by Gasteiger charge is 2.14. The summed E-state index contributed by atoms with van der Waals surface area (Å²) in [6.45, 7) is 3.51. The zero-order valence-corrected chi connectivity index (χ0v) is 12.2. The number of ether oxygens (including phenoxy) is 1. The molecule has 0 saturated carbocycles. The van der Waals surface area contributed by atoms with Crippen LogP contribution in [0.1, 0.15) is 25.3 Å². The predicted molar refractivity (Wildman–Crippen MR) is 76.2 cm³/mol. The van der Waals surface area contributed by atoms with Crippen LogP contribution in [0.5, 0.6) is 5.75 Å². The van der Waals surface area contributed by atoms with Crippen molar-refractivity contribution in [2.45, 2.75) is 32.7 Å². The summed E-state index contributed by atoms with van der Waals surface area (Å²) in [4.78, 5) is 22.3. The fraction of sp³-hybridized carbons (Fsp3) is 0.429. The highest BCUT2D eigenvalue weighted by Crippen LogP contribution is 2.25. The molecule has 0 heterocycles. The van der Waals surface area contributed by atoms with Gasteiger partial charge < -0.3 is 15.2 Å². The van der Waals surface area contributed by atoms with Gasteiger partial charge in [0.1, 0.15) is 5.75 Å². The molecule has 0 fully saturated rings. The number of benzene rings is 1. The maximum atomic E-state index is 11.7. The number of amides is 1. The Morgan fingerprint density at radius 3 is 2.75 bits per heavy atom. The smallest absolute Gasteiger partial charge is 0.305 e. The van der Waals surface area contributed by atoms with Gasteiger partial charge in [0.25, 0.3) is 5.91 Å². The van der Waals surface area contributed by atoms with Gasteiger partial charge in [-0.1, -0.05) is 24.6 Å². The average Bonchev–Trinajstić information content (AvgIpc) is 2.38. The number of carbonyl (C=O) groups is 2. The fourth-order valence-electron chi connectivity index (χ4n) is 1.64. The number of rotatable bonds is 7. The summed E-state index contributed by atoms with van der Waals surface area (Å²) in [7, 11) is 0. The largest absolute Gasteiger partial charge is 0.482 e. The van der Waals surface area contributed by atoms with E-state index in [0.29, 0.717) is 17.2 Å². The lowest BCUT2D eigenvalue weighted by Gasteiger charge is -2.15. The van der Waals surface area contributed by atoms with Gasteiger partial charge in [-0.2, -0.15) is 0 Å². The Morgan fingerprint density at radius 1 is 1.45 bits per heavy atom. The van der Waals surface area contributed by atoms with E-state index in [2.05, 4.69) is 5.32 Å². The van der Waals surface area contributed by atoms with Crippen molar-refractivity contribution < 1.29 is 19.4 Å². The number of halogens is 1. The second-order valence-electron chi connectivity index (χ2n) is 4.49. The van der Waals surface area contributed by atoms with Gasteiger partial charge in [-0.25, -0.2) is 0 Å². The number of aliphatic carboxylic acids is 1. The third-order valence-electron chi connectivity index (χ3n) is 2.72. The molecule has 6 heteroatoms. The SMILES string of the molecule is CCC(CC(=O)O)NC(=O)COc1cc(C)ccc1Cl. The molecule has 20 heavy (non-hydrogen) atoms. The van der Waals surface area contributed by atoms with Crippen LogP contribution in [0.15, 0.2) is 18.2 Å². The Bertz CT molecular complexity index is 490. The van der Waals surface area contributed by atoms with Crippen molar-refractivity contribution in [3.63, 3.8) is 0 Å². The molecular weight excluding hydrogens is 282 g/mol. The van der Waals surface area contributed by atoms with Crippen molar-refractivity contribution in [3.05, 3.63) is 28.8 Å². The summed E-state index contributed by atoms with van der Waals surface area (Å²) in [6, 6.07) is 4.89. The number of nitrogens with one attached hydrogen (secondary N) is 1. The van der Waals surface area contributed by atoms with Gasteiger partial charge in [0.05, 0.1) is 11.4 Å². The molecule has 1 aromatic rings. The van der Waals surface area contributed by atoms with Crippen molar-refractivity contribution in [3.8, 4) is 5.75 Å². The number of aryl methyl sites for hydroxylation is 1. The third-order valence-corrected chi connectivity index (χ3v) is 3.04. The first-order valence-electron chi connectivity index (χ1n) is 6.32. The Kier molecular flexibility index (Phi) is 6.31. The first-order valence-corrected chi connectivity index (χ1v) is 6.70. The third kappa shape index (κ3) is 5.48. The highest BCUT2D eigenvalue weighted by atomic mass is 35.5. The first-order chi connectivity index (χ1) is 9.42. The average molecular weight is 300 g/mol. The van der Waals surface area contributed by atoms with Crippen molar-refractivity contribution in [2.75, 3.05) is 6.61 Å². The van der Waals surface area contributed by atoms with E-state index in [1.165, 1.54) is 0 Å². The summed E-state index contributed by atoms with van der Waals surface area (Å²) in [6.07, 6.45) is 0.441. The number of hydrogen-bond donors (Lipinski definition) is 2. The minimum absolute atomic E-state index is 0.104. The van der Waals surface area contributed by atoms with Crippen LogP contribution in [0.25, 0.3) is 0 Å². The van der Waals surface area contributed by atoms with Crippen molar-refractivity contribution in [1.82, 2.24) is 5.32 Å². The Hall–Kier alpha value is -1.75. The van der Waals surface area contributed by atoms with E-state index in [-0.39, 0.29) is 18.9 Å². The van der Waals surface area contributed by atoms with Gasteiger partial charge in [-0.3, -0.25) is 9.59 Å². The second-order valence-corrected chi connectivity index (χ2v) is 4.90.